The first kappa shape index (κ1) is 10.3. The Bertz CT molecular complexity index is 217. The first-order valence-corrected chi connectivity index (χ1v) is 4.67. The van der Waals surface area contributed by atoms with E-state index in [4.69, 9.17) is 9.52 Å². The smallest absolute Gasteiger partial charge is 0.0950 e. The normalized spacial score (nSPS) is 15.6. The van der Waals surface area contributed by atoms with E-state index >= 15 is 0 Å². The Hall–Kier alpha value is -0.800. The van der Waals surface area contributed by atoms with E-state index < -0.39 is 0 Å². The molecular formula is C10H17NO2. The van der Waals surface area contributed by atoms with Gasteiger partial charge in [-0.3, -0.25) is 0 Å². The number of hydrogen-bond donors (Lipinski definition) is 2. The fourth-order valence-electron chi connectivity index (χ4n) is 1.27. The molecule has 3 heteroatoms. The van der Waals surface area contributed by atoms with Crippen LogP contribution in [-0.4, -0.2) is 17.8 Å². The Morgan fingerprint density at radius 1 is 1.62 bits per heavy atom. The molecule has 3 nitrogen and oxygen atoms in total. The number of nitrogens with one attached hydrogen (secondary N) is 1. The average Bonchev–Trinajstić information content (AvgIpc) is 2.66. The van der Waals surface area contributed by atoms with Crippen LogP contribution >= 0.6 is 0 Å². The van der Waals surface area contributed by atoms with E-state index in [0.29, 0.717) is 0 Å². The molecule has 1 aromatic heterocycles. The topological polar surface area (TPSA) is 45.4 Å². The number of aliphatic hydroxyl groups is 1. The van der Waals surface area contributed by atoms with Gasteiger partial charge in [-0.2, -0.15) is 0 Å². The summed E-state index contributed by atoms with van der Waals surface area (Å²) in [6, 6.07) is 2.34. The Morgan fingerprint density at radius 2 is 2.38 bits per heavy atom. The molecule has 1 heterocycles. The molecule has 1 aromatic rings. The highest BCUT2D eigenvalue weighted by Crippen LogP contribution is 2.13. The summed E-state index contributed by atoms with van der Waals surface area (Å²) in [7, 11) is 0. The van der Waals surface area contributed by atoms with Gasteiger partial charge in [-0.15, -0.1) is 0 Å². The highest BCUT2D eigenvalue weighted by molar-refractivity contribution is 5.10. The monoisotopic (exact) mass is 183 g/mol. The molecular weight excluding hydrogens is 166 g/mol. The second-order valence-electron chi connectivity index (χ2n) is 3.23. The molecule has 0 aromatic carbocycles. The van der Waals surface area contributed by atoms with Crippen LogP contribution in [0.5, 0.6) is 0 Å². The van der Waals surface area contributed by atoms with Crippen LogP contribution in [0.1, 0.15) is 31.9 Å². The largest absolute Gasteiger partial charge is 0.472 e. The number of hydrogen-bond acceptors (Lipinski definition) is 3. The van der Waals surface area contributed by atoms with E-state index in [-0.39, 0.29) is 18.7 Å². The summed E-state index contributed by atoms with van der Waals surface area (Å²) in [6.07, 6.45) is 4.31. The minimum Gasteiger partial charge on any atom is -0.472 e. The lowest BCUT2D eigenvalue weighted by Gasteiger charge is -2.19. The van der Waals surface area contributed by atoms with Gasteiger partial charge in [0.15, 0.2) is 0 Å². The predicted molar refractivity (Wildman–Crippen MR) is 51.4 cm³/mol. The van der Waals surface area contributed by atoms with Crippen molar-refractivity contribution in [1.29, 1.82) is 0 Å². The van der Waals surface area contributed by atoms with Crippen LogP contribution in [0.3, 0.4) is 0 Å². The maximum atomic E-state index is 8.99. The first-order valence-electron chi connectivity index (χ1n) is 4.67. The molecule has 74 valence electrons. The van der Waals surface area contributed by atoms with Gasteiger partial charge in [0.05, 0.1) is 19.1 Å². The standard InChI is InChI=1S/C10H17NO2/c1-3-10(6-12)11-8(2)9-4-5-13-7-9/h4-5,7-8,10-12H,3,6H2,1-2H3/t8?,10-/m0/s1. The predicted octanol–water partition coefficient (Wildman–Crippen LogP) is 1.70. The number of aliphatic hydroxyl groups excluding tert-OH is 1. The lowest BCUT2D eigenvalue weighted by atomic mass is 10.1. The summed E-state index contributed by atoms with van der Waals surface area (Å²) in [5, 5.41) is 12.3. The van der Waals surface area contributed by atoms with Crippen molar-refractivity contribution in [2.45, 2.75) is 32.4 Å². The molecule has 0 bridgehead atoms. The van der Waals surface area contributed by atoms with Crippen molar-refractivity contribution in [3.05, 3.63) is 24.2 Å². The second-order valence-corrected chi connectivity index (χ2v) is 3.23. The maximum absolute atomic E-state index is 8.99. The fourth-order valence-corrected chi connectivity index (χ4v) is 1.27. The van der Waals surface area contributed by atoms with Crippen molar-refractivity contribution in [3.63, 3.8) is 0 Å². The zero-order valence-electron chi connectivity index (χ0n) is 8.16. The molecule has 0 saturated heterocycles. The molecule has 0 aliphatic carbocycles. The first-order chi connectivity index (χ1) is 6.27. The van der Waals surface area contributed by atoms with Crippen molar-refractivity contribution >= 4 is 0 Å². The molecule has 0 spiro atoms. The van der Waals surface area contributed by atoms with Crippen molar-refractivity contribution in [2.24, 2.45) is 0 Å². The molecule has 13 heavy (non-hydrogen) atoms. The van der Waals surface area contributed by atoms with E-state index in [1.165, 1.54) is 0 Å². The van der Waals surface area contributed by atoms with Crippen molar-refractivity contribution in [2.75, 3.05) is 6.61 Å². The van der Waals surface area contributed by atoms with Crippen molar-refractivity contribution in [1.82, 2.24) is 5.32 Å². The summed E-state index contributed by atoms with van der Waals surface area (Å²) >= 11 is 0. The molecule has 1 unspecified atom stereocenters. The van der Waals surface area contributed by atoms with Crippen LogP contribution < -0.4 is 5.32 Å². The average molecular weight is 183 g/mol. The van der Waals surface area contributed by atoms with Crippen LogP contribution in [0.2, 0.25) is 0 Å². The second kappa shape index (κ2) is 5.04. The van der Waals surface area contributed by atoms with Crippen molar-refractivity contribution < 1.29 is 9.52 Å². The van der Waals surface area contributed by atoms with Crippen molar-refractivity contribution in [3.8, 4) is 0 Å². The molecule has 0 radical (unpaired) electrons. The molecule has 0 saturated carbocycles. The van der Waals surface area contributed by atoms with E-state index in [9.17, 15) is 0 Å². The SMILES string of the molecule is CC[C@@H](CO)NC(C)c1ccoc1. The van der Waals surface area contributed by atoms with Gasteiger partial charge in [-0.1, -0.05) is 6.92 Å². The molecule has 1 rings (SSSR count). The van der Waals surface area contributed by atoms with E-state index in [0.717, 1.165) is 12.0 Å². The molecule has 0 aliphatic rings. The van der Waals surface area contributed by atoms with Crippen LogP contribution in [0, 0.1) is 0 Å². The van der Waals surface area contributed by atoms with Crippen LogP contribution in [0.4, 0.5) is 0 Å². The van der Waals surface area contributed by atoms with Gasteiger partial charge in [0.25, 0.3) is 0 Å². The van der Waals surface area contributed by atoms with Gasteiger partial charge in [0, 0.05) is 17.6 Å². The fraction of sp³-hybridized carbons (Fsp3) is 0.600. The third kappa shape index (κ3) is 2.86. The van der Waals surface area contributed by atoms with Gasteiger partial charge in [-0.05, 0) is 19.4 Å². The Labute approximate surface area is 78.8 Å². The zero-order valence-corrected chi connectivity index (χ0v) is 8.16. The van der Waals surface area contributed by atoms with Gasteiger partial charge in [0.1, 0.15) is 0 Å². The molecule has 0 fully saturated rings. The van der Waals surface area contributed by atoms with Crippen LogP contribution in [0.15, 0.2) is 23.0 Å². The highest BCUT2D eigenvalue weighted by atomic mass is 16.3. The number of rotatable bonds is 5. The summed E-state index contributed by atoms with van der Waals surface area (Å²) in [6.45, 7) is 4.29. The van der Waals surface area contributed by atoms with Crippen LogP contribution in [-0.2, 0) is 0 Å². The van der Waals surface area contributed by atoms with Gasteiger partial charge in [-0.25, -0.2) is 0 Å². The molecule has 2 N–H and O–H groups in total. The minimum absolute atomic E-state index is 0.171. The van der Waals surface area contributed by atoms with Crippen LogP contribution in [0.25, 0.3) is 0 Å². The minimum atomic E-state index is 0.171. The molecule has 0 aliphatic heterocycles. The lowest BCUT2D eigenvalue weighted by molar-refractivity contribution is 0.230. The third-order valence-electron chi connectivity index (χ3n) is 2.24. The summed E-state index contributed by atoms with van der Waals surface area (Å²) in [5.41, 5.74) is 1.12. The van der Waals surface area contributed by atoms with E-state index in [1.807, 2.05) is 6.07 Å². The van der Waals surface area contributed by atoms with Gasteiger partial charge >= 0.3 is 0 Å². The maximum Gasteiger partial charge on any atom is 0.0950 e. The Balaban J connectivity index is 2.45. The number of furan rings is 1. The summed E-state index contributed by atoms with van der Waals surface area (Å²) in [4.78, 5) is 0. The van der Waals surface area contributed by atoms with Gasteiger partial charge < -0.3 is 14.8 Å². The highest BCUT2D eigenvalue weighted by Gasteiger charge is 2.11. The zero-order chi connectivity index (χ0) is 9.68. The van der Waals surface area contributed by atoms with Gasteiger partial charge in [0.2, 0.25) is 0 Å². The quantitative estimate of drug-likeness (QED) is 0.730. The Morgan fingerprint density at radius 3 is 2.85 bits per heavy atom. The molecule has 0 amide bonds. The summed E-state index contributed by atoms with van der Waals surface area (Å²) < 4.78 is 4.98. The van der Waals surface area contributed by atoms with E-state index in [1.54, 1.807) is 12.5 Å². The lowest BCUT2D eigenvalue weighted by Crippen LogP contribution is -2.33. The third-order valence-corrected chi connectivity index (χ3v) is 2.24. The summed E-state index contributed by atoms with van der Waals surface area (Å²) in [5.74, 6) is 0. The van der Waals surface area contributed by atoms with E-state index in [2.05, 4.69) is 19.2 Å². The Kier molecular flexibility index (Phi) is 3.99. The molecule has 2 atom stereocenters.